The second-order valence-corrected chi connectivity index (χ2v) is 5.81. The molecule has 0 aliphatic carbocycles. The average molecular weight is 301 g/mol. The summed E-state index contributed by atoms with van der Waals surface area (Å²) in [5.41, 5.74) is 0. The van der Waals surface area contributed by atoms with Crippen LogP contribution in [0.4, 0.5) is 0 Å². The minimum absolute atomic E-state index is 0.658. The fourth-order valence-corrected chi connectivity index (χ4v) is 2.59. The zero-order chi connectivity index (χ0) is 14.5. The van der Waals surface area contributed by atoms with Crippen molar-refractivity contribution < 1.29 is 14.2 Å². The number of hydrogen-bond donors (Lipinski definition) is 1. The third kappa shape index (κ3) is 8.66. The van der Waals surface area contributed by atoms with Gasteiger partial charge >= 0.3 is 0 Å². The Balaban J connectivity index is 1.99. The summed E-state index contributed by atoms with van der Waals surface area (Å²) in [7, 11) is 1.68. The van der Waals surface area contributed by atoms with Gasteiger partial charge in [-0.25, -0.2) is 0 Å². The lowest BCUT2D eigenvalue weighted by atomic mass is 10.4. The standard InChI is InChI=1S/C15H27NO3S/c1-3-7-16-12-14-5-6-15(20-14)13-19-9-4-8-18-11-10-17-2/h5-6,16H,3-4,7-13H2,1-2H3. The molecule has 4 nitrogen and oxygen atoms in total. The van der Waals surface area contributed by atoms with Crippen molar-refractivity contribution in [1.29, 1.82) is 0 Å². The predicted molar refractivity (Wildman–Crippen MR) is 83.3 cm³/mol. The fraction of sp³-hybridized carbons (Fsp3) is 0.733. The summed E-state index contributed by atoms with van der Waals surface area (Å²) in [6.07, 6.45) is 2.10. The van der Waals surface area contributed by atoms with E-state index in [2.05, 4.69) is 24.4 Å². The van der Waals surface area contributed by atoms with Crippen LogP contribution in [-0.4, -0.2) is 40.1 Å². The van der Waals surface area contributed by atoms with E-state index in [0.717, 1.165) is 32.7 Å². The minimum atomic E-state index is 0.658. The summed E-state index contributed by atoms with van der Waals surface area (Å²) < 4.78 is 15.9. The normalized spacial score (nSPS) is 11.1. The molecule has 1 heterocycles. The van der Waals surface area contributed by atoms with Gasteiger partial charge in [-0.1, -0.05) is 6.92 Å². The third-order valence-electron chi connectivity index (χ3n) is 2.70. The van der Waals surface area contributed by atoms with E-state index >= 15 is 0 Å². The van der Waals surface area contributed by atoms with Gasteiger partial charge in [0.15, 0.2) is 0 Å². The molecule has 0 aliphatic heterocycles. The Morgan fingerprint density at radius 2 is 1.85 bits per heavy atom. The van der Waals surface area contributed by atoms with Crippen LogP contribution in [0.25, 0.3) is 0 Å². The number of hydrogen-bond acceptors (Lipinski definition) is 5. The molecule has 0 saturated carbocycles. The van der Waals surface area contributed by atoms with Crippen molar-refractivity contribution in [2.75, 3.05) is 40.1 Å². The molecule has 0 amide bonds. The van der Waals surface area contributed by atoms with Crippen molar-refractivity contribution >= 4 is 11.3 Å². The Hall–Kier alpha value is -0.460. The Kier molecular flexibility index (Phi) is 10.8. The van der Waals surface area contributed by atoms with E-state index in [-0.39, 0.29) is 0 Å². The van der Waals surface area contributed by atoms with Crippen molar-refractivity contribution in [3.05, 3.63) is 21.9 Å². The van der Waals surface area contributed by atoms with E-state index in [1.807, 2.05) is 11.3 Å². The highest BCUT2D eigenvalue weighted by molar-refractivity contribution is 7.11. The molecule has 1 aromatic heterocycles. The van der Waals surface area contributed by atoms with Crippen LogP contribution in [0, 0.1) is 0 Å². The first-order chi connectivity index (χ1) is 9.86. The second-order valence-electron chi connectivity index (χ2n) is 4.56. The first-order valence-corrected chi connectivity index (χ1v) is 8.11. The monoisotopic (exact) mass is 301 g/mol. The van der Waals surface area contributed by atoms with Gasteiger partial charge in [0.2, 0.25) is 0 Å². The topological polar surface area (TPSA) is 39.7 Å². The van der Waals surface area contributed by atoms with Crippen molar-refractivity contribution in [3.63, 3.8) is 0 Å². The van der Waals surface area contributed by atoms with E-state index in [9.17, 15) is 0 Å². The number of methoxy groups -OCH3 is 1. The Morgan fingerprint density at radius 1 is 1.05 bits per heavy atom. The van der Waals surface area contributed by atoms with Crippen molar-refractivity contribution in [2.45, 2.75) is 32.9 Å². The molecule has 0 atom stereocenters. The second kappa shape index (κ2) is 12.3. The molecule has 0 spiro atoms. The lowest BCUT2D eigenvalue weighted by Gasteiger charge is -2.04. The molecule has 0 aromatic carbocycles. The van der Waals surface area contributed by atoms with Crippen LogP contribution >= 0.6 is 11.3 Å². The molecule has 0 unspecified atom stereocenters. The molecule has 5 heteroatoms. The van der Waals surface area contributed by atoms with E-state index < -0.39 is 0 Å². The van der Waals surface area contributed by atoms with Crippen LogP contribution in [0.15, 0.2) is 12.1 Å². The maximum absolute atomic E-state index is 5.64. The van der Waals surface area contributed by atoms with E-state index in [0.29, 0.717) is 19.8 Å². The van der Waals surface area contributed by atoms with E-state index in [1.54, 1.807) is 7.11 Å². The van der Waals surface area contributed by atoms with Gasteiger partial charge in [-0.2, -0.15) is 0 Å². The van der Waals surface area contributed by atoms with Crippen molar-refractivity contribution in [1.82, 2.24) is 5.32 Å². The number of thiophene rings is 1. The highest BCUT2D eigenvalue weighted by atomic mass is 32.1. The zero-order valence-electron chi connectivity index (χ0n) is 12.7. The quantitative estimate of drug-likeness (QED) is 0.569. The molecule has 0 fully saturated rings. The Bertz CT molecular complexity index is 331. The van der Waals surface area contributed by atoms with Gasteiger partial charge in [-0.15, -0.1) is 11.3 Å². The summed E-state index contributed by atoms with van der Waals surface area (Å²) in [5.74, 6) is 0. The van der Waals surface area contributed by atoms with Crippen LogP contribution in [0.2, 0.25) is 0 Å². The number of rotatable bonds is 13. The first kappa shape index (κ1) is 17.6. The summed E-state index contributed by atoms with van der Waals surface area (Å²) in [4.78, 5) is 2.67. The molecule has 0 bridgehead atoms. The van der Waals surface area contributed by atoms with Crippen LogP contribution in [0.3, 0.4) is 0 Å². The molecule has 1 rings (SSSR count). The first-order valence-electron chi connectivity index (χ1n) is 7.29. The maximum Gasteiger partial charge on any atom is 0.0809 e. The van der Waals surface area contributed by atoms with Gasteiger partial charge in [0.1, 0.15) is 0 Å². The summed E-state index contributed by atoms with van der Waals surface area (Å²) in [6.45, 7) is 7.73. The Morgan fingerprint density at radius 3 is 2.65 bits per heavy atom. The van der Waals surface area contributed by atoms with Gasteiger partial charge in [-0.3, -0.25) is 0 Å². The lowest BCUT2D eigenvalue weighted by Crippen LogP contribution is -2.12. The summed E-state index contributed by atoms with van der Waals surface area (Å²) >= 11 is 1.82. The molecule has 116 valence electrons. The average Bonchev–Trinajstić information content (AvgIpc) is 2.90. The van der Waals surface area contributed by atoms with Crippen LogP contribution in [0.1, 0.15) is 29.5 Å². The van der Waals surface area contributed by atoms with Crippen LogP contribution < -0.4 is 5.32 Å². The van der Waals surface area contributed by atoms with Gasteiger partial charge in [-0.05, 0) is 31.5 Å². The van der Waals surface area contributed by atoms with Crippen LogP contribution in [0.5, 0.6) is 0 Å². The summed E-state index contributed by atoms with van der Waals surface area (Å²) in [5, 5.41) is 3.41. The minimum Gasteiger partial charge on any atom is -0.382 e. The van der Waals surface area contributed by atoms with Gasteiger partial charge in [0.05, 0.1) is 19.8 Å². The molecule has 1 N–H and O–H groups in total. The molecule has 0 aliphatic rings. The predicted octanol–water partition coefficient (Wildman–Crippen LogP) is 2.82. The number of nitrogens with one attached hydrogen (secondary N) is 1. The van der Waals surface area contributed by atoms with Crippen LogP contribution in [-0.2, 0) is 27.4 Å². The van der Waals surface area contributed by atoms with E-state index in [1.165, 1.54) is 16.2 Å². The molecular weight excluding hydrogens is 274 g/mol. The van der Waals surface area contributed by atoms with Gasteiger partial charge in [0.25, 0.3) is 0 Å². The molecule has 1 aromatic rings. The van der Waals surface area contributed by atoms with Gasteiger partial charge < -0.3 is 19.5 Å². The molecular formula is C15H27NO3S. The Labute approximate surface area is 126 Å². The number of ether oxygens (including phenoxy) is 3. The van der Waals surface area contributed by atoms with Gasteiger partial charge in [0, 0.05) is 36.6 Å². The van der Waals surface area contributed by atoms with E-state index in [4.69, 9.17) is 14.2 Å². The SMILES string of the molecule is CCCNCc1ccc(COCCCOCCOC)s1. The highest BCUT2D eigenvalue weighted by Gasteiger charge is 2.00. The summed E-state index contributed by atoms with van der Waals surface area (Å²) in [6, 6.07) is 4.34. The molecule has 0 saturated heterocycles. The zero-order valence-corrected chi connectivity index (χ0v) is 13.5. The maximum atomic E-state index is 5.64. The molecule has 0 radical (unpaired) electrons. The van der Waals surface area contributed by atoms with Crippen molar-refractivity contribution in [3.8, 4) is 0 Å². The lowest BCUT2D eigenvalue weighted by molar-refractivity contribution is 0.0488. The largest absolute Gasteiger partial charge is 0.382 e. The fourth-order valence-electron chi connectivity index (χ4n) is 1.66. The van der Waals surface area contributed by atoms with Crippen molar-refractivity contribution in [2.24, 2.45) is 0 Å². The smallest absolute Gasteiger partial charge is 0.0809 e. The molecule has 20 heavy (non-hydrogen) atoms. The third-order valence-corrected chi connectivity index (χ3v) is 3.76. The highest BCUT2D eigenvalue weighted by Crippen LogP contribution is 2.17.